The zero-order valence-corrected chi connectivity index (χ0v) is 10.5. The molecule has 7 heteroatoms. The number of methoxy groups -OCH3 is 1. The molecule has 6 nitrogen and oxygen atoms in total. The lowest BCUT2D eigenvalue weighted by molar-refractivity contribution is 0.379. The molecule has 2 heterocycles. The van der Waals surface area contributed by atoms with E-state index in [1.165, 1.54) is 20.0 Å². The van der Waals surface area contributed by atoms with E-state index in [1.54, 1.807) is 0 Å². The van der Waals surface area contributed by atoms with Crippen molar-refractivity contribution < 1.29 is 4.74 Å². The van der Waals surface area contributed by atoms with Crippen LogP contribution in [0.4, 0.5) is 5.95 Å². The molecule has 0 bridgehead atoms. The Morgan fingerprint density at radius 2 is 2.35 bits per heavy atom. The van der Waals surface area contributed by atoms with Crippen molar-refractivity contribution in [1.29, 1.82) is 0 Å². The van der Waals surface area contributed by atoms with Crippen LogP contribution >= 0.6 is 11.6 Å². The third kappa shape index (κ3) is 3.67. The predicted molar refractivity (Wildman–Crippen MR) is 65.5 cm³/mol. The maximum Gasteiger partial charge on any atom is 0.322 e. The topological polar surface area (TPSA) is 72.0 Å². The van der Waals surface area contributed by atoms with Crippen molar-refractivity contribution in [1.82, 2.24) is 20.3 Å². The first kappa shape index (κ1) is 12.3. The van der Waals surface area contributed by atoms with E-state index in [9.17, 15) is 0 Å². The Morgan fingerprint density at radius 3 is 3.06 bits per heavy atom. The number of nitrogens with zero attached hydrogens (tertiary/aromatic N) is 3. The second-order valence-corrected chi connectivity index (χ2v) is 4.26. The maximum atomic E-state index is 5.74. The Hall–Kier alpha value is -1.14. The van der Waals surface area contributed by atoms with Gasteiger partial charge in [-0.15, -0.1) is 0 Å². The van der Waals surface area contributed by atoms with Crippen molar-refractivity contribution in [2.75, 3.05) is 25.5 Å². The molecule has 0 aliphatic carbocycles. The summed E-state index contributed by atoms with van der Waals surface area (Å²) in [4.78, 5) is 11.8. The molecule has 1 aliphatic heterocycles. The zero-order valence-electron chi connectivity index (χ0n) is 9.74. The molecule has 1 aromatic rings. The van der Waals surface area contributed by atoms with Crippen molar-refractivity contribution in [2.24, 2.45) is 0 Å². The van der Waals surface area contributed by atoms with Gasteiger partial charge < -0.3 is 15.4 Å². The van der Waals surface area contributed by atoms with E-state index in [0.29, 0.717) is 12.0 Å². The van der Waals surface area contributed by atoms with Crippen LogP contribution in [0.1, 0.15) is 19.3 Å². The summed E-state index contributed by atoms with van der Waals surface area (Å²) in [5, 5.41) is 6.69. The molecule has 0 amide bonds. The average molecular weight is 258 g/mol. The number of aromatic nitrogens is 3. The van der Waals surface area contributed by atoms with Crippen LogP contribution in [0.3, 0.4) is 0 Å². The van der Waals surface area contributed by atoms with E-state index < -0.39 is 0 Å². The Bertz CT molecular complexity index is 370. The smallest absolute Gasteiger partial charge is 0.322 e. The van der Waals surface area contributed by atoms with Gasteiger partial charge in [0, 0.05) is 12.6 Å². The molecule has 0 spiro atoms. The lowest BCUT2D eigenvalue weighted by atomic mass is 10.2. The molecule has 0 saturated carbocycles. The maximum absolute atomic E-state index is 5.74. The average Bonchev–Trinajstić information content (AvgIpc) is 2.81. The van der Waals surface area contributed by atoms with Crippen LogP contribution in [-0.2, 0) is 0 Å². The van der Waals surface area contributed by atoms with Crippen LogP contribution < -0.4 is 15.4 Å². The second kappa shape index (κ2) is 5.97. The first-order valence-corrected chi connectivity index (χ1v) is 6.08. The first-order chi connectivity index (χ1) is 8.28. The number of hydrogen-bond donors (Lipinski definition) is 2. The van der Waals surface area contributed by atoms with Gasteiger partial charge in [0.1, 0.15) is 0 Å². The van der Waals surface area contributed by atoms with Crippen LogP contribution in [-0.4, -0.2) is 41.2 Å². The Kier molecular flexibility index (Phi) is 4.33. The minimum absolute atomic E-state index is 0.137. The molecule has 2 rings (SSSR count). The highest BCUT2D eigenvalue weighted by molar-refractivity contribution is 6.28. The van der Waals surface area contributed by atoms with E-state index >= 15 is 0 Å². The molecular formula is C10H16ClN5O. The summed E-state index contributed by atoms with van der Waals surface area (Å²) in [6.07, 6.45) is 3.55. The molecule has 0 radical (unpaired) electrons. The summed E-state index contributed by atoms with van der Waals surface area (Å²) in [7, 11) is 1.50. The fraction of sp³-hybridized carbons (Fsp3) is 0.700. The number of anilines is 1. The molecule has 1 aliphatic rings. The summed E-state index contributed by atoms with van der Waals surface area (Å²) in [5.74, 6) is 0.458. The van der Waals surface area contributed by atoms with Gasteiger partial charge in [0.2, 0.25) is 11.2 Å². The standard InChI is InChI=1S/C10H16ClN5O/c1-17-10-15-8(11)14-9(16-10)13-6-4-7-3-2-5-12-7/h7,12H,2-6H2,1H3,(H,13,14,15,16). The normalized spacial score (nSPS) is 19.3. The fourth-order valence-electron chi connectivity index (χ4n) is 1.86. The van der Waals surface area contributed by atoms with Crippen molar-refractivity contribution in [3.63, 3.8) is 0 Å². The highest BCUT2D eigenvalue weighted by atomic mass is 35.5. The van der Waals surface area contributed by atoms with Gasteiger partial charge in [0.15, 0.2) is 0 Å². The molecule has 1 fully saturated rings. The van der Waals surface area contributed by atoms with Gasteiger partial charge in [-0.2, -0.15) is 15.0 Å². The van der Waals surface area contributed by atoms with Crippen LogP contribution in [0.15, 0.2) is 0 Å². The van der Waals surface area contributed by atoms with E-state index in [2.05, 4.69) is 25.6 Å². The summed E-state index contributed by atoms with van der Waals surface area (Å²) >= 11 is 5.74. The summed E-state index contributed by atoms with van der Waals surface area (Å²) in [6, 6.07) is 0.827. The quantitative estimate of drug-likeness (QED) is 0.823. The lowest BCUT2D eigenvalue weighted by Gasteiger charge is -2.10. The van der Waals surface area contributed by atoms with E-state index in [-0.39, 0.29) is 11.3 Å². The Morgan fingerprint density at radius 1 is 1.47 bits per heavy atom. The first-order valence-electron chi connectivity index (χ1n) is 5.71. The molecule has 1 aromatic heterocycles. The van der Waals surface area contributed by atoms with Crippen LogP contribution in [0, 0.1) is 0 Å². The van der Waals surface area contributed by atoms with Gasteiger partial charge in [-0.25, -0.2) is 0 Å². The third-order valence-corrected chi connectivity index (χ3v) is 2.88. The highest BCUT2D eigenvalue weighted by Gasteiger charge is 2.13. The number of halogens is 1. The molecule has 1 saturated heterocycles. The van der Waals surface area contributed by atoms with Crippen LogP contribution in [0.5, 0.6) is 6.01 Å². The molecule has 17 heavy (non-hydrogen) atoms. The Balaban J connectivity index is 1.83. The summed E-state index contributed by atoms with van der Waals surface area (Å²) in [6.45, 7) is 1.93. The molecule has 1 unspecified atom stereocenters. The van der Waals surface area contributed by atoms with Gasteiger partial charge >= 0.3 is 6.01 Å². The predicted octanol–water partition coefficient (Wildman–Crippen LogP) is 1.09. The van der Waals surface area contributed by atoms with Crippen molar-refractivity contribution in [3.8, 4) is 6.01 Å². The van der Waals surface area contributed by atoms with Gasteiger partial charge in [0.25, 0.3) is 0 Å². The number of ether oxygens (including phenoxy) is 1. The van der Waals surface area contributed by atoms with Crippen LogP contribution in [0.2, 0.25) is 5.28 Å². The summed E-state index contributed by atoms with van der Waals surface area (Å²) in [5.41, 5.74) is 0. The van der Waals surface area contributed by atoms with Gasteiger partial charge in [-0.1, -0.05) is 0 Å². The van der Waals surface area contributed by atoms with Gasteiger partial charge in [0.05, 0.1) is 7.11 Å². The van der Waals surface area contributed by atoms with E-state index in [0.717, 1.165) is 19.5 Å². The minimum atomic E-state index is 0.137. The molecule has 0 aromatic carbocycles. The summed E-state index contributed by atoms with van der Waals surface area (Å²) < 4.78 is 4.92. The number of hydrogen-bond acceptors (Lipinski definition) is 6. The van der Waals surface area contributed by atoms with E-state index in [1.807, 2.05) is 0 Å². The largest absolute Gasteiger partial charge is 0.467 e. The van der Waals surface area contributed by atoms with Gasteiger partial charge in [-0.05, 0) is 37.4 Å². The SMILES string of the molecule is COc1nc(Cl)nc(NCCC2CCCN2)n1. The highest BCUT2D eigenvalue weighted by Crippen LogP contribution is 2.12. The molecule has 1 atom stereocenters. The number of nitrogens with one attached hydrogen (secondary N) is 2. The third-order valence-electron chi connectivity index (χ3n) is 2.71. The second-order valence-electron chi connectivity index (χ2n) is 3.92. The monoisotopic (exact) mass is 257 g/mol. The molecule has 94 valence electrons. The van der Waals surface area contributed by atoms with Gasteiger partial charge in [-0.3, -0.25) is 0 Å². The van der Waals surface area contributed by atoms with Crippen molar-refractivity contribution in [3.05, 3.63) is 5.28 Å². The van der Waals surface area contributed by atoms with Crippen LogP contribution in [0.25, 0.3) is 0 Å². The van der Waals surface area contributed by atoms with E-state index in [4.69, 9.17) is 16.3 Å². The molecule has 2 N–H and O–H groups in total. The van der Waals surface area contributed by atoms with Crippen molar-refractivity contribution >= 4 is 17.5 Å². The zero-order chi connectivity index (χ0) is 12.1. The molecular weight excluding hydrogens is 242 g/mol. The fourth-order valence-corrected chi connectivity index (χ4v) is 2.02. The van der Waals surface area contributed by atoms with Crippen molar-refractivity contribution in [2.45, 2.75) is 25.3 Å². The minimum Gasteiger partial charge on any atom is -0.467 e. The lowest BCUT2D eigenvalue weighted by Crippen LogP contribution is -2.24. The Labute approximate surface area is 105 Å². The number of rotatable bonds is 5.